The number of amides is 3. The molecule has 0 unspecified atom stereocenters. The lowest BCUT2D eigenvalue weighted by Gasteiger charge is -2.32. The summed E-state index contributed by atoms with van der Waals surface area (Å²) in [7, 11) is -8.99. The number of hydrogen-bond donors (Lipinski definition) is 5. The van der Waals surface area contributed by atoms with Gasteiger partial charge >= 0.3 is 13.9 Å². The van der Waals surface area contributed by atoms with Crippen LogP contribution in [0.15, 0.2) is 71.6 Å². The molecular formula is C34H48N5O9PS. The van der Waals surface area contributed by atoms with Crippen molar-refractivity contribution in [2.75, 3.05) is 51.7 Å². The van der Waals surface area contributed by atoms with Gasteiger partial charge in [0.25, 0.3) is 0 Å². The maximum Gasteiger partial charge on any atom is 0.469 e. The number of unbranched alkanes of at least 4 members (excludes halogenated alkanes) is 1. The molecule has 0 radical (unpaired) electrons. The zero-order valence-corrected chi connectivity index (χ0v) is 30.2. The van der Waals surface area contributed by atoms with Crippen molar-refractivity contribution in [3.05, 3.63) is 72.3 Å². The number of nitrogen functional groups attached to an aromatic ring is 1. The van der Waals surface area contributed by atoms with Gasteiger partial charge in [0.2, 0.25) is 15.9 Å². The van der Waals surface area contributed by atoms with Crippen molar-refractivity contribution in [3.8, 4) is 0 Å². The monoisotopic (exact) mass is 733 g/mol. The summed E-state index contributed by atoms with van der Waals surface area (Å²) in [6.45, 7) is 5.14. The molecule has 16 heteroatoms. The number of nitrogens with two attached hydrogens (primary N) is 1. The fourth-order valence-corrected chi connectivity index (χ4v) is 7.99. The van der Waals surface area contributed by atoms with E-state index in [1.807, 2.05) is 56.3 Å². The van der Waals surface area contributed by atoms with Crippen LogP contribution in [-0.4, -0.2) is 97.4 Å². The third-order valence-electron chi connectivity index (χ3n) is 8.35. The largest absolute Gasteiger partial charge is 0.469 e. The number of nitrogens with zero attached hydrogens (tertiary/aromatic N) is 2. The highest BCUT2D eigenvalue weighted by molar-refractivity contribution is 7.89. The minimum absolute atomic E-state index is 0.00263. The SMILES string of the molecule is CC(C)CN([C@@H](CCCCNC(=O)[C@H](Cc1cccc2ccccc12)NC(=O)N1CCOCC1)COP(=O)(O)O)S(=O)(=O)c1ccc(N)cc1. The van der Waals surface area contributed by atoms with Crippen LogP contribution in [0.3, 0.4) is 0 Å². The number of urea groups is 1. The molecule has 14 nitrogen and oxygen atoms in total. The van der Waals surface area contributed by atoms with E-state index in [-0.39, 0.29) is 48.7 Å². The number of benzene rings is 3. The van der Waals surface area contributed by atoms with Gasteiger partial charge in [-0.25, -0.2) is 17.8 Å². The Kier molecular flexibility index (Phi) is 14.2. The van der Waals surface area contributed by atoms with E-state index in [2.05, 4.69) is 10.6 Å². The number of rotatable bonds is 17. The summed E-state index contributed by atoms with van der Waals surface area (Å²) < 4.78 is 50.6. The van der Waals surface area contributed by atoms with E-state index in [1.165, 1.54) is 28.6 Å². The minimum Gasteiger partial charge on any atom is -0.399 e. The van der Waals surface area contributed by atoms with Gasteiger partial charge in [0.1, 0.15) is 6.04 Å². The van der Waals surface area contributed by atoms with E-state index in [0.29, 0.717) is 44.8 Å². The van der Waals surface area contributed by atoms with Gasteiger partial charge in [-0.1, -0.05) is 62.7 Å². The Morgan fingerprint density at radius 2 is 1.70 bits per heavy atom. The first-order valence-electron chi connectivity index (χ1n) is 16.7. The molecule has 50 heavy (non-hydrogen) atoms. The third kappa shape index (κ3) is 11.5. The molecule has 274 valence electrons. The Hall–Kier alpha value is -3.56. The van der Waals surface area contributed by atoms with E-state index >= 15 is 0 Å². The quantitative estimate of drug-likeness (QED) is 0.0777. The number of phosphoric ester groups is 1. The van der Waals surface area contributed by atoms with Gasteiger partial charge in [-0.3, -0.25) is 9.32 Å². The van der Waals surface area contributed by atoms with Crippen LogP contribution in [-0.2, 0) is 35.1 Å². The van der Waals surface area contributed by atoms with Gasteiger partial charge in [-0.05, 0) is 59.4 Å². The first-order chi connectivity index (χ1) is 23.7. The molecule has 2 atom stereocenters. The lowest BCUT2D eigenvalue weighted by molar-refractivity contribution is -0.123. The molecule has 0 aromatic heterocycles. The molecule has 3 aromatic carbocycles. The Bertz CT molecular complexity index is 1730. The first-order valence-corrected chi connectivity index (χ1v) is 19.7. The number of fused-ring (bicyclic) bond motifs is 1. The van der Waals surface area contributed by atoms with Crippen molar-refractivity contribution < 1.29 is 41.6 Å². The minimum atomic E-state index is -4.90. The van der Waals surface area contributed by atoms with Gasteiger partial charge < -0.3 is 35.8 Å². The number of nitrogens with one attached hydrogen (secondary N) is 2. The summed E-state index contributed by atoms with van der Waals surface area (Å²) in [5.41, 5.74) is 7.06. The molecule has 0 bridgehead atoms. The van der Waals surface area contributed by atoms with E-state index in [9.17, 15) is 32.4 Å². The van der Waals surface area contributed by atoms with E-state index in [1.54, 1.807) is 4.90 Å². The first kappa shape index (κ1) is 39.2. The zero-order valence-electron chi connectivity index (χ0n) is 28.4. The molecule has 4 rings (SSSR count). The van der Waals surface area contributed by atoms with Crippen LogP contribution in [0, 0.1) is 5.92 Å². The highest BCUT2D eigenvalue weighted by atomic mass is 32.2. The number of anilines is 1. The lowest BCUT2D eigenvalue weighted by atomic mass is 9.98. The molecule has 0 spiro atoms. The average molecular weight is 734 g/mol. The summed E-state index contributed by atoms with van der Waals surface area (Å²) >= 11 is 0. The molecule has 0 aliphatic carbocycles. The average Bonchev–Trinajstić information content (AvgIpc) is 3.08. The fourth-order valence-electron chi connectivity index (χ4n) is 5.82. The second-order valence-corrected chi connectivity index (χ2v) is 15.8. The number of phosphoric acid groups is 1. The predicted molar refractivity (Wildman–Crippen MR) is 191 cm³/mol. The van der Waals surface area contributed by atoms with Crippen molar-refractivity contribution in [3.63, 3.8) is 0 Å². The Morgan fingerprint density at radius 3 is 2.38 bits per heavy atom. The van der Waals surface area contributed by atoms with Crippen LogP contribution in [0.5, 0.6) is 0 Å². The Balaban J connectivity index is 1.44. The molecular weight excluding hydrogens is 685 g/mol. The molecule has 1 aliphatic rings. The zero-order chi connectivity index (χ0) is 36.3. The summed E-state index contributed by atoms with van der Waals surface area (Å²) in [4.78, 5) is 47.2. The smallest absolute Gasteiger partial charge is 0.399 e. The van der Waals surface area contributed by atoms with Gasteiger partial charge in [-0.2, -0.15) is 4.31 Å². The number of carbonyl (C=O) groups excluding carboxylic acids is 2. The molecule has 6 N–H and O–H groups in total. The highest BCUT2D eigenvalue weighted by Gasteiger charge is 2.34. The summed E-state index contributed by atoms with van der Waals surface area (Å²) in [5, 5.41) is 7.82. The number of carbonyl (C=O) groups is 2. The number of morpholine rings is 1. The van der Waals surface area contributed by atoms with Crippen LogP contribution in [0.2, 0.25) is 0 Å². The van der Waals surface area contributed by atoms with Gasteiger partial charge in [0.15, 0.2) is 0 Å². The van der Waals surface area contributed by atoms with Crippen molar-refractivity contribution in [1.29, 1.82) is 0 Å². The highest BCUT2D eigenvalue weighted by Crippen LogP contribution is 2.37. The molecule has 1 saturated heterocycles. The molecule has 1 fully saturated rings. The Morgan fingerprint density at radius 1 is 1.02 bits per heavy atom. The van der Waals surface area contributed by atoms with Crippen molar-refractivity contribution in [1.82, 2.24) is 19.8 Å². The summed E-state index contributed by atoms with van der Waals surface area (Å²) in [6, 6.07) is 17.3. The second-order valence-electron chi connectivity index (χ2n) is 12.7. The van der Waals surface area contributed by atoms with Crippen LogP contribution in [0.1, 0.15) is 38.7 Å². The normalized spacial score (nSPS) is 15.3. The van der Waals surface area contributed by atoms with Gasteiger partial charge in [0.05, 0.1) is 24.7 Å². The van der Waals surface area contributed by atoms with Crippen molar-refractivity contribution >= 4 is 46.2 Å². The van der Waals surface area contributed by atoms with Gasteiger partial charge in [-0.15, -0.1) is 0 Å². The summed E-state index contributed by atoms with van der Waals surface area (Å²) in [6.07, 6.45) is 1.28. The maximum atomic E-state index is 13.8. The molecule has 3 amide bonds. The van der Waals surface area contributed by atoms with Crippen LogP contribution >= 0.6 is 7.82 Å². The van der Waals surface area contributed by atoms with Crippen molar-refractivity contribution in [2.45, 2.75) is 56.5 Å². The van der Waals surface area contributed by atoms with Crippen molar-refractivity contribution in [2.24, 2.45) is 5.92 Å². The topological polar surface area (TPSA) is 201 Å². The standard InChI is InChI=1S/C34H48N5O9PS/c1-25(2)23-39(50(45,46)30-15-13-28(35)14-16-30)29(24-48-49(42,43)44)11-5-6-17-36-33(40)32(37-34(41)38-18-20-47-21-19-38)22-27-10-7-9-26-8-3-4-12-31(26)27/h3-4,7-10,12-16,25,29,32H,5-6,11,17-24,35H2,1-2H3,(H,36,40)(H,37,41)(H2,42,43,44)/t29-,32-/m0/s1. The van der Waals surface area contributed by atoms with Crippen LogP contribution < -0.4 is 16.4 Å². The molecule has 3 aromatic rings. The predicted octanol–water partition coefficient (Wildman–Crippen LogP) is 3.49. The number of hydrogen-bond acceptors (Lipinski definition) is 8. The fraction of sp³-hybridized carbons (Fsp3) is 0.471. The van der Waals surface area contributed by atoms with E-state index in [0.717, 1.165) is 16.3 Å². The van der Waals surface area contributed by atoms with E-state index in [4.69, 9.17) is 15.0 Å². The lowest BCUT2D eigenvalue weighted by Crippen LogP contribution is -2.54. The molecule has 0 saturated carbocycles. The number of ether oxygens (including phenoxy) is 1. The Labute approximate surface area is 293 Å². The second kappa shape index (κ2) is 18.1. The van der Waals surface area contributed by atoms with Gasteiger partial charge in [0, 0.05) is 44.3 Å². The molecule has 1 aliphatic heterocycles. The number of sulfonamides is 1. The van der Waals surface area contributed by atoms with E-state index < -0.39 is 36.5 Å². The molecule has 1 heterocycles. The maximum absolute atomic E-state index is 13.8. The van der Waals surface area contributed by atoms with Crippen LogP contribution in [0.25, 0.3) is 10.8 Å². The third-order valence-corrected chi connectivity index (χ3v) is 10.8. The summed E-state index contributed by atoms with van der Waals surface area (Å²) in [5.74, 6) is -0.477. The van der Waals surface area contributed by atoms with Crippen LogP contribution in [0.4, 0.5) is 10.5 Å².